The fraction of sp³-hybridized carbons (Fsp3) is 0.182. The number of aryl methyl sites for hydroxylation is 1. The molecule has 0 saturated carbocycles. The van der Waals surface area contributed by atoms with Gasteiger partial charge in [-0.25, -0.2) is 13.2 Å². The zero-order chi connectivity index (χ0) is 21.2. The van der Waals surface area contributed by atoms with E-state index in [1.54, 1.807) is 19.1 Å². The van der Waals surface area contributed by atoms with Crippen molar-refractivity contribution in [3.05, 3.63) is 82.8 Å². The van der Waals surface area contributed by atoms with Crippen LogP contribution in [-0.2, 0) is 10.7 Å². The van der Waals surface area contributed by atoms with E-state index in [1.807, 2.05) is 0 Å². The van der Waals surface area contributed by atoms with E-state index < -0.39 is 17.6 Å². The summed E-state index contributed by atoms with van der Waals surface area (Å²) in [6, 6.07) is 7.20. The second kappa shape index (κ2) is 7.95. The SMILES string of the molecule is Cc1cc(F)ccc1Oc1cc(C(C)(F)F)ccc1C(=O)NC1=CC(=O)CC=C1. The van der Waals surface area contributed by atoms with Crippen LogP contribution in [0.4, 0.5) is 13.2 Å². The third kappa shape index (κ3) is 4.93. The van der Waals surface area contributed by atoms with Crippen molar-refractivity contribution in [2.45, 2.75) is 26.2 Å². The first-order chi connectivity index (χ1) is 13.6. The van der Waals surface area contributed by atoms with Gasteiger partial charge in [0.1, 0.15) is 17.3 Å². The van der Waals surface area contributed by atoms with Crippen molar-refractivity contribution in [2.75, 3.05) is 0 Å². The highest BCUT2D eigenvalue weighted by Gasteiger charge is 2.27. The van der Waals surface area contributed by atoms with Crippen molar-refractivity contribution in [2.24, 2.45) is 0 Å². The molecule has 0 aliphatic heterocycles. The summed E-state index contributed by atoms with van der Waals surface area (Å²) in [5.74, 6) is -4.29. The van der Waals surface area contributed by atoms with E-state index in [0.717, 1.165) is 19.1 Å². The number of benzene rings is 2. The van der Waals surface area contributed by atoms with E-state index >= 15 is 0 Å². The van der Waals surface area contributed by atoms with Gasteiger partial charge in [0.25, 0.3) is 11.8 Å². The molecule has 7 heteroatoms. The molecule has 2 aromatic carbocycles. The lowest BCUT2D eigenvalue weighted by Gasteiger charge is -2.17. The molecule has 0 radical (unpaired) electrons. The highest BCUT2D eigenvalue weighted by molar-refractivity contribution is 6.00. The Balaban J connectivity index is 1.98. The van der Waals surface area contributed by atoms with Crippen LogP contribution in [-0.4, -0.2) is 11.7 Å². The number of ether oxygens (including phenoxy) is 1. The lowest BCUT2D eigenvalue weighted by Crippen LogP contribution is -2.24. The molecule has 3 rings (SSSR count). The van der Waals surface area contributed by atoms with Crippen LogP contribution >= 0.6 is 0 Å². The van der Waals surface area contributed by atoms with Crippen LogP contribution in [0.2, 0.25) is 0 Å². The fourth-order valence-corrected chi connectivity index (χ4v) is 2.77. The molecule has 0 atom stereocenters. The average molecular weight is 401 g/mol. The van der Waals surface area contributed by atoms with Gasteiger partial charge in [-0.15, -0.1) is 0 Å². The maximum absolute atomic E-state index is 13.8. The van der Waals surface area contributed by atoms with Crippen LogP contribution < -0.4 is 10.1 Å². The van der Waals surface area contributed by atoms with Crippen LogP contribution in [0.1, 0.15) is 34.8 Å². The minimum atomic E-state index is -3.15. The van der Waals surface area contributed by atoms with E-state index in [1.165, 1.54) is 30.3 Å². The van der Waals surface area contributed by atoms with Crippen LogP contribution in [0, 0.1) is 12.7 Å². The zero-order valence-electron chi connectivity index (χ0n) is 15.8. The number of amides is 1. The number of allylic oxidation sites excluding steroid dienone is 3. The first-order valence-corrected chi connectivity index (χ1v) is 8.82. The minimum Gasteiger partial charge on any atom is -0.456 e. The Hall–Kier alpha value is -3.35. The van der Waals surface area contributed by atoms with Crippen LogP contribution in [0.15, 0.2) is 60.3 Å². The summed E-state index contributed by atoms with van der Waals surface area (Å²) in [6.45, 7) is 2.33. The number of nitrogens with one attached hydrogen (secondary N) is 1. The van der Waals surface area contributed by atoms with Gasteiger partial charge in [0, 0.05) is 30.7 Å². The normalized spacial score (nSPS) is 13.8. The molecule has 1 aliphatic carbocycles. The lowest BCUT2D eigenvalue weighted by molar-refractivity contribution is -0.113. The van der Waals surface area contributed by atoms with Crippen LogP contribution in [0.3, 0.4) is 0 Å². The predicted octanol–water partition coefficient (Wildman–Crippen LogP) is 5.18. The summed E-state index contributed by atoms with van der Waals surface area (Å²) < 4.78 is 46.6. The Morgan fingerprint density at radius 2 is 1.90 bits per heavy atom. The number of alkyl halides is 2. The van der Waals surface area contributed by atoms with Gasteiger partial charge in [0.2, 0.25) is 0 Å². The summed E-state index contributed by atoms with van der Waals surface area (Å²) in [7, 11) is 0. The molecule has 1 N–H and O–H groups in total. The molecule has 2 aromatic rings. The Morgan fingerprint density at radius 1 is 1.14 bits per heavy atom. The maximum Gasteiger partial charge on any atom is 0.270 e. The van der Waals surface area contributed by atoms with E-state index in [9.17, 15) is 22.8 Å². The van der Waals surface area contributed by atoms with Crippen LogP contribution in [0.25, 0.3) is 0 Å². The van der Waals surface area contributed by atoms with E-state index in [-0.39, 0.29) is 34.8 Å². The molecular weight excluding hydrogens is 383 g/mol. The molecule has 4 nitrogen and oxygen atoms in total. The molecule has 1 amide bonds. The number of halogens is 3. The van der Waals surface area contributed by atoms with Crippen molar-refractivity contribution >= 4 is 11.7 Å². The summed E-state index contributed by atoms with van der Waals surface area (Å²) in [5, 5.41) is 2.56. The second-order valence-electron chi connectivity index (χ2n) is 6.74. The summed E-state index contributed by atoms with van der Waals surface area (Å²) in [6.07, 6.45) is 4.73. The highest BCUT2D eigenvalue weighted by Crippen LogP contribution is 2.34. The zero-order valence-corrected chi connectivity index (χ0v) is 15.8. The fourth-order valence-electron chi connectivity index (χ4n) is 2.77. The number of carbonyl (C=O) groups is 2. The quantitative estimate of drug-likeness (QED) is 0.751. The number of ketones is 1. The second-order valence-corrected chi connectivity index (χ2v) is 6.74. The molecule has 0 fully saturated rings. The van der Waals surface area contributed by atoms with Gasteiger partial charge in [-0.05, 0) is 48.9 Å². The maximum atomic E-state index is 13.8. The Labute approximate surface area is 165 Å². The topological polar surface area (TPSA) is 55.4 Å². The third-order valence-corrected chi connectivity index (χ3v) is 4.28. The number of hydrogen-bond donors (Lipinski definition) is 1. The first-order valence-electron chi connectivity index (χ1n) is 8.82. The van der Waals surface area contributed by atoms with Crippen LogP contribution in [0.5, 0.6) is 11.5 Å². The molecule has 0 saturated heterocycles. The molecule has 0 aromatic heterocycles. The molecule has 0 unspecified atom stereocenters. The van der Waals surface area contributed by atoms with Crippen molar-refractivity contribution in [3.63, 3.8) is 0 Å². The van der Waals surface area contributed by atoms with Gasteiger partial charge in [-0.1, -0.05) is 12.1 Å². The first kappa shape index (κ1) is 20.4. The molecule has 29 heavy (non-hydrogen) atoms. The number of rotatable bonds is 5. The molecule has 0 spiro atoms. The largest absolute Gasteiger partial charge is 0.456 e. The highest BCUT2D eigenvalue weighted by atomic mass is 19.3. The molecule has 0 bridgehead atoms. The summed E-state index contributed by atoms with van der Waals surface area (Å²) in [5.41, 5.74) is 0.387. The van der Waals surface area contributed by atoms with Crippen molar-refractivity contribution in [1.82, 2.24) is 5.32 Å². The van der Waals surface area contributed by atoms with Gasteiger partial charge in [-0.3, -0.25) is 9.59 Å². The van der Waals surface area contributed by atoms with Gasteiger partial charge >= 0.3 is 0 Å². The van der Waals surface area contributed by atoms with Crippen molar-refractivity contribution < 1.29 is 27.5 Å². The van der Waals surface area contributed by atoms with Gasteiger partial charge in [0.15, 0.2) is 5.78 Å². The summed E-state index contributed by atoms with van der Waals surface area (Å²) >= 11 is 0. The van der Waals surface area contributed by atoms with Crippen molar-refractivity contribution in [3.8, 4) is 11.5 Å². The lowest BCUT2D eigenvalue weighted by atomic mass is 10.0. The average Bonchev–Trinajstić information content (AvgIpc) is 2.63. The standard InChI is InChI=1S/C22H18F3NO3/c1-13-10-15(23)7-9-19(13)29-20-11-14(22(2,24)25)6-8-18(20)21(28)26-16-4-3-5-17(27)12-16/h3-4,6-12H,5H2,1-2H3,(H,26,28). The Morgan fingerprint density at radius 3 is 2.55 bits per heavy atom. The Bertz CT molecular complexity index is 1040. The van der Waals surface area contributed by atoms with Gasteiger partial charge < -0.3 is 10.1 Å². The molecule has 0 heterocycles. The van der Waals surface area contributed by atoms with Crippen molar-refractivity contribution in [1.29, 1.82) is 0 Å². The monoisotopic (exact) mass is 401 g/mol. The third-order valence-electron chi connectivity index (χ3n) is 4.28. The summed E-state index contributed by atoms with van der Waals surface area (Å²) in [4.78, 5) is 24.2. The number of carbonyl (C=O) groups excluding carboxylic acids is 2. The van der Waals surface area contributed by atoms with Gasteiger partial charge in [0.05, 0.1) is 5.56 Å². The smallest absolute Gasteiger partial charge is 0.270 e. The Kier molecular flexibility index (Phi) is 5.59. The van der Waals surface area contributed by atoms with E-state index in [2.05, 4.69) is 5.32 Å². The minimum absolute atomic E-state index is 0.00551. The number of hydrogen-bond acceptors (Lipinski definition) is 3. The molecular formula is C22H18F3NO3. The molecule has 1 aliphatic rings. The van der Waals surface area contributed by atoms with E-state index in [4.69, 9.17) is 4.74 Å². The van der Waals surface area contributed by atoms with E-state index in [0.29, 0.717) is 11.3 Å². The molecule has 150 valence electrons. The van der Waals surface area contributed by atoms with Gasteiger partial charge in [-0.2, -0.15) is 0 Å². The predicted molar refractivity (Wildman–Crippen MR) is 102 cm³/mol.